The van der Waals surface area contributed by atoms with E-state index in [0.717, 1.165) is 0 Å². The van der Waals surface area contributed by atoms with E-state index in [4.69, 9.17) is 5.26 Å². The molecule has 1 aliphatic rings. The number of carbonyl (C=O) groups is 2. The fraction of sp³-hybridized carbons (Fsp3) is 0.190. The van der Waals surface area contributed by atoms with Crippen LogP contribution in [0.4, 0.5) is 5.69 Å². The number of rotatable bonds is 4. The molecule has 3 rings (SSSR count). The van der Waals surface area contributed by atoms with Crippen molar-refractivity contribution in [3.8, 4) is 6.07 Å². The summed E-state index contributed by atoms with van der Waals surface area (Å²) in [7, 11) is -3.87. The lowest BCUT2D eigenvalue weighted by molar-refractivity contribution is -0.119. The first kappa shape index (κ1) is 20.3. The average Bonchev–Trinajstić information content (AvgIpc) is 2.68. The topological polar surface area (TPSA) is 107 Å². The van der Waals surface area contributed by atoms with Gasteiger partial charge >= 0.3 is 0 Å². The summed E-state index contributed by atoms with van der Waals surface area (Å²) in [5, 5.41) is 11.5. The molecule has 0 unspecified atom stereocenters. The maximum atomic E-state index is 13.2. The summed E-state index contributed by atoms with van der Waals surface area (Å²) in [5.74, 6) is -0.278. The highest BCUT2D eigenvalue weighted by Crippen LogP contribution is 2.29. The Morgan fingerprint density at radius 2 is 1.79 bits per heavy atom. The third-order valence-corrected chi connectivity index (χ3v) is 6.29. The molecule has 0 aromatic heterocycles. The largest absolute Gasteiger partial charge is 0.326 e. The van der Waals surface area contributed by atoms with Gasteiger partial charge in [-0.2, -0.15) is 5.26 Å². The van der Waals surface area contributed by atoms with E-state index in [1.807, 2.05) is 6.07 Å². The van der Waals surface area contributed by atoms with Gasteiger partial charge in [-0.25, -0.2) is 8.42 Å². The summed E-state index contributed by atoms with van der Waals surface area (Å²) < 4.78 is 27.6. The predicted molar refractivity (Wildman–Crippen MR) is 108 cm³/mol. The van der Waals surface area contributed by atoms with Crippen molar-refractivity contribution in [2.24, 2.45) is 0 Å². The van der Waals surface area contributed by atoms with Gasteiger partial charge in [0.25, 0.3) is 10.0 Å². The van der Waals surface area contributed by atoms with Crippen LogP contribution in [0.3, 0.4) is 0 Å². The van der Waals surface area contributed by atoms with Gasteiger partial charge in [0.2, 0.25) is 5.91 Å². The SMILES string of the molecule is CC(=O)Nc1ccc(S(=O)(=O)N2CCC(=O)CC2=Cc2ccc(C#N)cc2)cc1. The first-order valence-electron chi connectivity index (χ1n) is 8.92. The number of ketones is 1. The molecule has 1 N–H and O–H groups in total. The van der Waals surface area contributed by atoms with Crippen LogP contribution in [0.25, 0.3) is 6.08 Å². The molecule has 0 bridgehead atoms. The molecule has 1 fully saturated rings. The number of sulfonamides is 1. The van der Waals surface area contributed by atoms with E-state index in [1.165, 1.54) is 35.5 Å². The summed E-state index contributed by atoms with van der Waals surface area (Å²) in [5.41, 5.74) is 2.08. The summed E-state index contributed by atoms with van der Waals surface area (Å²) in [6.45, 7) is 1.44. The molecule has 1 saturated heterocycles. The number of nitrogens with zero attached hydrogens (tertiary/aromatic N) is 2. The van der Waals surface area contributed by atoms with Gasteiger partial charge in [0, 0.05) is 37.7 Å². The maximum Gasteiger partial charge on any atom is 0.264 e. The highest BCUT2D eigenvalue weighted by molar-refractivity contribution is 7.89. The second-order valence-corrected chi connectivity index (χ2v) is 8.48. The first-order chi connectivity index (χ1) is 13.8. The fourth-order valence-electron chi connectivity index (χ4n) is 3.03. The lowest BCUT2D eigenvalue weighted by atomic mass is 10.0. The minimum atomic E-state index is -3.87. The third-order valence-electron chi connectivity index (χ3n) is 4.43. The van der Waals surface area contributed by atoms with Crippen molar-refractivity contribution in [2.75, 3.05) is 11.9 Å². The molecular formula is C21H19N3O4S. The lowest BCUT2D eigenvalue weighted by Gasteiger charge is -2.30. The van der Waals surface area contributed by atoms with E-state index in [9.17, 15) is 18.0 Å². The number of carbonyl (C=O) groups excluding carboxylic acids is 2. The van der Waals surface area contributed by atoms with Crippen molar-refractivity contribution in [2.45, 2.75) is 24.7 Å². The van der Waals surface area contributed by atoms with Crippen molar-refractivity contribution >= 4 is 33.5 Å². The van der Waals surface area contributed by atoms with Gasteiger partial charge in [-0.3, -0.25) is 13.9 Å². The van der Waals surface area contributed by atoms with E-state index >= 15 is 0 Å². The molecule has 148 valence electrons. The number of hydrogen-bond acceptors (Lipinski definition) is 5. The molecule has 1 heterocycles. The summed E-state index contributed by atoms with van der Waals surface area (Å²) in [6, 6.07) is 14.6. The molecule has 0 spiro atoms. The highest BCUT2D eigenvalue weighted by atomic mass is 32.2. The first-order valence-corrected chi connectivity index (χ1v) is 10.4. The molecule has 0 saturated carbocycles. The van der Waals surface area contributed by atoms with E-state index in [1.54, 1.807) is 30.3 Å². The molecule has 8 heteroatoms. The van der Waals surface area contributed by atoms with Crippen LogP contribution in [0.1, 0.15) is 30.9 Å². The Labute approximate surface area is 169 Å². The number of nitrogens with one attached hydrogen (secondary N) is 1. The molecule has 0 aliphatic carbocycles. The van der Waals surface area contributed by atoms with Crippen LogP contribution in [0.15, 0.2) is 59.1 Å². The molecule has 0 atom stereocenters. The van der Waals surface area contributed by atoms with E-state index in [-0.39, 0.29) is 36.0 Å². The molecule has 29 heavy (non-hydrogen) atoms. The van der Waals surface area contributed by atoms with E-state index in [0.29, 0.717) is 22.5 Å². The molecule has 1 aliphatic heterocycles. The van der Waals surface area contributed by atoms with E-state index in [2.05, 4.69) is 5.32 Å². The van der Waals surface area contributed by atoms with Gasteiger partial charge in [-0.05, 0) is 48.0 Å². The van der Waals surface area contributed by atoms with Gasteiger partial charge in [0.05, 0.1) is 16.5 Å². The van der Waals surface area contributed by atoms with Crippen LogP contribution < -0.4 is 5.32 Å². The van der Waals surface area contributed by atoms with Crippen LogP contribution in [0.2, 0.25) is 0 Å². The number of nitriles is 1. The van der Waals surface area contributed by atoms with Gasteiger partial charge < -0.3 is 5.32 Å². The number of benzene rings is 2. The van der Waals surface area contributed by atoms with Crippen LogP contribution in [-0.2, 0) is 19.6 Å². The number of hydrogen-bond donors (Lipinski definition) is 1. The number of allylic oxidation sites excluding steroid dienone is 1. The summed E-state index contributed by atoms with van der Waals surface area (Å²) in [6.07, 6.45) is 1.82. The van der Waals surface area contributed by atoms with Gasteiger partial charge in [-0.1, -0.05) is 12.1 Å². The standard InChI is InChI=1S/C21H19N3O4S/c1-15(25)23-18-6-8-21(9-7-18)29(27,28)24-11-10-20(26)13-19(24)12-16-2-4-17(14-22)5-3-16/h2-9,12H,10-11,13H2,1H3,(H,23,25). The Bertz CT molecular complexity index is 1110. The van der Waals surface area contributed by atoms with Gasteiger partial charge in [0.15, 0.2) is 0 Å². The number of Topliss-reactive ketones (excluding diaryl/α,β-unsaturated/α-hetero) is 1. The quantitative estimate of drug-likeness (QED) is 0.835. The van der Waals surface area contributed by atoms with Crippen molar-refractivity contribution in [1.29, 1.82) is 5.26 Å². The molecular weight excluding hydrogens is 390 g/mol. The highest BCUT2D eigenvalue weighted by Gasteiger charge is 2.31. The Balaban J connectivity index is 1.94. The predicted octanol–water partition coefficient (Wildman–Crippen LogP) is 2.91. The molecule has 1 amide bonds. The second-order valence-electron chi connectivity index (χ2n) is 6.62. The number of piperidine rings is 1. The zero-order chi connectivity index (χ0) is 21.0. The van der Waals surface area contributed by atoms with Crippen LogP contribution in [0, 0.1) is 11.3 Å². The zero-order valence-corrected chi connectivity index (χ0v) is 16.6. The molecule has 2 aromatic rings. The Morgan fingerprint density at radius 3 is 2.38 bits per heavy atom. The Hall–Kier alpha value is -3.44. The Kier molecular flexibility index (Phi) is 5.80. The Morgan fingerprint density at radius 1 is 1.14 bits per heavy atom. The number of amides is 1. The molecule has 0 radical (unpaired) electrons. The van der Waals surface area contributed by atoms with Crippen molar-refractivity contribution in [1.82, 2.24) is 4.31 Å². The van der Waals surface area contributed by atoms with Crippen molar-refractivity contribution in [3.63, 3.8) is 0 Å². The minimum Gasteiger partial charge on any atom is -0.326 e. The van der Waals surface area contributed by atoms with Crippen molar-refractivity contribution < 1.29 is 18.0 Å². The van der Waals surface area contributed by atoms with Gasteiger partial charge in [0.1, 0.15) is 5.78 Å². The normalized spacial score (nSPS) is 15.8. The smallest absolute Gasteiger partial charge is 0.264 e. The number of anilines is 1. The third kappa shape index (κ3) is 4.70. The van der Waals surface area contributed by atoms with Gasteiger partial charge in [-0.15, -0.1) is 0 Å². The second kappa shape index (κ2) is 8.29. The summed E-state index contributed by atoms with van der Waals surface area (Å²) in [4.78, 5) is 23.2. The maximum absolute atomic E-state index is 13.2. The van der Waals surface area contributed by atoms with Crippen LogP contribution in [0.5, 0.6) is 0 Å². The van der Waals surface area contributed by atoms with E-state index < -0.39 is 10.0 Å². The van der Waals surface area contributed by atoms with Crippen molar-refractivity contribution in [3.05, 3.63) is 65.4 Å². The fourth-order valence-corrected chi connectivity index (χ4v) is 4.53. The van der Waals surface area contributed by atoms with Crippen LogP contribution in [-0.4, -0.2) is 31.0 Å². The monoisotopic (exact) mass is 409 g/mol. The average molecular weight is 409 g/mol. The molecule has 7 nitrogen and oxygen atoms in total. The molecule has 2 aromatic carbocycles. The van der Waals surface area contributed by atoms with Crippen LogP contribution >= 0.6 is 0 Å². The zero-order valence-electron chi connectivity index (χ0n) is 15.8. The lowest BCUT2D eigenvalue weighted by Crippen LogP contribution is -2.37. The minimum absolute atomic E-state index is 0.0171. The summed E-state index contributed by atoms with van der Waals surface area (Å²) >= 11 is 0.